The number of hydrogen-bond donors (Lipinski definition) is 1. The van der Waals surface area contributed by atoms with Crippen molar-refractivity contribution in [3.63, 3.8) is 0 Å². The maximum atomic E-state index is 12.0. The van der Waals surface area contributed by atoms with Crippen LogP contribution in [-0.4, -0.2) is 44.0 Å². The molecule has 1 N–H and O–H groups in total. The van der Waals surface area contributed by atoms with Gasteiger partial charge in [-0.15, -0.1) is 0 Å². The highest BCUT2D eigenvalue weighted by Gasteiger charge is 2.22. The van der Waals surface area contributed by atoms with E-state index in [0.717, 1.165) is 19.5 Å². The van der Waals surface area contributed by atoms with E-state index in [1.807, 2.05) is 6.92 Å². The summed E-state index contributed by atoms with van der Waals surface area (Å²) in [5.74, 6) is 0.521. The molecule has 0 aromatic heterocycles. The molecule has 0 saturated carbocycles. The van der Waals surface area contributed by atoms with E-state index in [1.54, 1.807) is 0 Å². The minimum Gasteiger partial charge on any atom is -0.309 e. The second-order valence-electron chi connectivity index (χ2n) is 4.25. The molecule has 0 aromatic rings. The average molecular weight is 206 g/mol. The van der Waals surface area contributed by atoms with E-state index in [-0.39, 0.29) is 12.6 Å². The fourth-order valence-corrected chi connectivity index (χ4v) is 2.06. The Balaban J connectivity index is 2.25. The number of nitrogens with zero attached hydrogens (tertiary/aromatic N) is 1. The molecule has 1 saturated heterocycles. The van der Waals surface area contributed by atoms with E-state index in [2.05, 4.69) is 17.3 Å². The first-order valence-corrected chi connectivity index (χ1v) is 5.29. The van der Waals surface area contributed by atoms with Crippen LogP contribution in [0.2, 0.25) is 0 Å². The van der Waals surface area contributed by atoms with Gasteiger partial charge >= 0.3 is 0 Å². The Morgan fingerprint density at radius 2 is 2.21 bits per heavy atom. The number of likely N-dealkylation sites (tertiary alicyclic amines) is 1. The molecule has 1 aliphatic heterocycles. The van der Waals surface area contributed by atoms with Crippen LogP contribution in [0.4, 0.5) is 8.78 Å². The molecule has 1 fully saturated rings. The van der Waals surface area contributed by atoms with Crippen LogP contribution in [0.3, 0.4) is 0 Å². The summed E-state index contributed by atoms with van der Waals surface area (Å²) in [4.78, 5) is 2.27. The van der Waals surface area contributed by atoms with Crippen LogP contribution in [-0.2, 0) is 0 Å². The zero-order valence-corrected chi connectivity index (χ0v) is 8.97. The summed E-state index contributed by atoms with van der Waals surface area (Å²) < 4.78 is 23.9. The van der Waals surface area contributed by atoms with Crippen LogP contribution in [0, 0.1) is 5.92 Å². The van der Waals surface area contributed by atoms with Crippen LogP contribution >= 0.6 is 0 Å². The molecule has 1 aliphatic rings. The fourth-order valence-electron chi connectivity index (χ4n) is 2.06. The maximum absolute atomic E-state index is 12.0. The number of rotatable bonds is 4. The van der Waals surface area contributed by atoms with Gasteiger partial charge in [0.25, 0.3) is 6.43 Å². The van der Waals surface area contributed by atoms with E-state index in [1.165, 1.54) is 6.42 Å². The molecule has 14 heavy (non-hydrogen) atoms. The van der Waals surface area contributed by atoms with Crippen molar-refractivity contribution in [3.8, 4) is 0 Å². The second kappa shape index (κ2) is 5.61. The van der Waals surface area contributed by atoms with Crippen molar-refractivity contribution in [1.29, 1.82) is 0 Å². The summed E-state index contributed by atoms with van der Waals surface area (Å²) in [7, 11) is 2.09. The summed E-state index contributed by atoms with van der Waals surface area (Å²) in [5, 5.41) is 2.90. The lowest BCUT2D eigenvalue weighted by atomic mass is 9.92. The van der Waals surface area contributed by atoms with Gasteiger partial charge in [-0.1, -0.05) is 0 Å². The van der Waals surface area contributed by atoms with Gasteiger partial charge in [-0.05, 0) is 39.3 Å². The van der Waals surface area contributed by atoms with Gasteiger partial charge in [0.1, 0.15) is 0 Å². The normalized spacial score (nSPS) is 26.8. The molecule has 2 nitrogen and oxygen atoms in total. The predicted octanol–water partition coefficient (Wildman–Crippen LogP) is 1.57. The van der Waals surface area contributed by atoms with Gasteiger partial charge in [0, 0.05) is 12.6 Å². The second-order valence-corrected chi connectivity index (χ2v) is 4.25. The summed E-state index contributed by atoms with van der Waals surface area (Å²) in [6.07, 6.45) is 0.0997. The molecule has 4 heteroatoms. The highest BCUT2D eigenvalue weighted by molar-refractivity contribution is 4.79. The Bertz CT molecular complexity index is 164. The highest BCUT2D eigenvalue weighted by Crippen LogP contribution is 2.18. The SMILES string of the molecule is CC(NCC(F)F)C1CCCN(C)C1. The molecule has 2 unspecified atom stereocenters. The molecule has 0 aromatic carbocycles. The molecule has 0 radical (unpaired) electrons. The summed E-state index contributed by atoms with van der Waals surface area (Å²) >= 11 is 0. The largest absolute Gasteiger partial charge is 0.309 e. The monoisotopic (exact) mass is 206 g/mol. The number of hydrogen-bond acceptors (Lipinski definition) is 2. The molecule has 0 spiro atoms. The lowest BCUT2D eigenvalue weighted by Gasteiger charge is -2.33. The first-order chi connectivity index (χ1) is 6.59. The fraction of sp³-hybridized carbons (Fsp3) is 1.00. The highest BCUT2D eigenvalue weighted by atomic mass is 19.3. The Hall–Kier alpha value is -0.220. The van der Waals surface area contributed by atoms with Gasteiger partial charge in [0.05, 0.1) is 6.54 Å². The molecular formula is C10H20F2N2. The quantitative estimate of drug-likeness (QED) is 0.751. The van der Waals surface area contributed by atoms with Crippen LogP contribution in [0.25, 0.3) is 0 Å². The van der Waals surface area contributed by atoms with Gasteiger partial charge < -0.3 is 10.2 Å². The minimum atomic E-state index is -2.24. The number of nitrogens with one attached hydrogen (secondary N) is 1. The zero-order valence-electron chi connectivity index (χ0n) is 8.97. The smallest absolute Gasteiger partial charge is 0.250 e. The van der Waals surface area contributed by atoms with Gasteiger partial charge in [-0.25, -0.2) is 8.78 Å². The molecule has 0 bridgehead atoms. The standard InChI is InChI=1S/C10H20F2N2/c1-8(13-6-10(11)12)9-4-3-5-14(2)7-9/h8-10,13H,3-7H2,1-2H3. The van der Waals surface area contributed by atoms with E-state index in [4.69, 9.17) is 0 Å². The van der Waals surface area contributed by atoms with Crippen molar-refractivity contribution in [2.75, 3.05) is 26.7 Å². The van der Waals surface area contributed by atoms with E-state index < -0.39 is 6.43 Å². The third kappa shape index (κ3) is 3.88. The van der Waals surface area contributed by atoms with Crippen molar-refractivity contribution in [2.45, 2.75) is 32.2 Å². The van der Waals surface area contributed by atoms with Crippen LogP contribution in [0.15, 0.2) is 0 Å². The molecular weight excluding hydrogens is 186 g/mol. The zero-order chi connectivity index (χ0) is 10.6. The molecule has 1 heterocycles. The van der Waals surface area contributed by atoms with Crippen LogP contribution < -0.4 is 5.32 Å². The van der Waals surface area contributed by atoms with Crippen molar-refractivity contribution >= 4 is 0 Å². The van der Waals surface area contributed by atoms with Crippen molar-refractivity contribution in [3.05, 3.63) is 0 Å². The average Bonchev–Trinajstić information content (AvgIpc) is 2.14. The van der Waals surface area contributed by atoms with Crippen LogP contribution in [0.5, 0.6) is 0 Å². The Morgan fingerprint density at radius 3 is 2.79 bits per heavy atom. The molecule has 0 amide bonds. The van der Waals surface area contributed by atoms with E-state index >= 15 is 0 Å². The molecule has 0 aliphatic carbocycles. The van der Waals surface area contributed by atoms with Crippen molar-refractivity contribution in [1.82, 2.24) is 10.2 Å². The van der Waals surface area contributed by atoms with Crippen molar-refractivity contribution < 1.29 is 8.78 Å². The maximum Gasteiger partial charge on any atom is 0.250 e. The Morgan fingerprint density at radius 1 is 1.50 bits per heavy atom. The van der Waals surface area contributed by atoms with E-state index in [9.17, 15) is 8.78 Å². The Labute approximate surface area is 84.7 Å². The molecule has 2 atom stereocenters. The van der Waals surface area contributed by atoms with E-state index in [0.29, 0.717) is 5.92 Å². The lowest BCUT2D eigenvalue weighted by Crippen LogP contribution is -2.44. The summed E-state index contributed by atoms with van der Waals surface area (Å²) in [5.41, 5.74) is 0. The van der Waals surface area contributed by atoms with Crippen molar-refractivity contribution in [2.24, 2.45) is 5.92 Å². The van der Waals surface area contributed by atoms with Gasteiger partial charge in [0.2, 0.25) is 0 Å². The van der Waals surface area contributed by atoms with Gasteiger partial charge in [-0.2, -0.15) is 0 Å². The van der Waals surface area contributed by atoms with Gasteiger partial charge in [0.15, 0.2) is 0 Å². The summed E-state index contributed by atoms with van der Waals surface area (Å²) in [6, 6.07) is 0.201. The Kier molecular flexibility index (Phi) is 4.75. The third-order valence-corrected chi connectivity index (χ3v) is 2.96. The first-order valence-electron chi connectivity index (χ1n) is 5.29. The lowest BCUT2D eigenvalue weighted by molar-refractivity contribution is 0.126. The molecule has 1 rings (SSSR count). The topological polar surface area (TPSA) is 15.3 Å². The van der Waals surface area contributed by atoms with Gasteiger partial charge in [-0.3, -0.25) is 0 Å². The molecule has 84 valence electrons. The first kappa shape index (κ1) is 11.9. The number of halogens is 2. The summed E-state index contributed by atoms with van der Waals surface area (Å²) in [6.45, 7) is 3.99. The van der Waals surface area contributed by atoms with Crippen LogP contribution in [0.1, 0.15) is 19.8 Å². The number of alkyl halides is 2. The number of piperidine rings is 1. The minimum absolute atomic E-state index is 0.179. The third-order valence-electron chi connectivity index (χ3n) is 2.96. The predicted molar refractivity (Wildman–Crippen MR) is 53.7 cm³/mol.